The molecule has 0 bridgehead atoms. The van der Waals surface area contributed by atoms with E-state index in [4.69, 9.17) is 4.74 Å². The van der Waals surface area contributed by atoms with E-state index >= 15 is 0 Å². The van der Waals surface area contributed by atoms with Crippen LogP contribution in [-0.2, 0) is 11.2 Å². The average molecular weight is 265 g/mol. The number of carbonyl (C=O) groups excluding carboxylic acids is 1. The van der Waals surface area contributed by atoms with Crippen molar-refractivity contribution >= 4 is 11.6 Å². The van der Waals surface area contributed by atoms with Crippen LogP contribution in [0.25, 0.3) is 0 Å². The third kappa shape index (κ3) is 3.96. The van der Waals surface area contributed by atoms with Gasteiger partial charge in [0.25, 0.3) is 0 Å². The van der Waals surface area contributed by atoms with Gasteiger partial charge in [-0.2, -0.15) is 0 Å². The van der Waals surface area contributed by atoms with Gasteiger partial charge in [-0.05, 0) is 36.1 Å². The molecular weight excluding hydrogens is 242 g/mol. The number of hydrogen-bond acceptors (Lipinski definition) is 3. The minimum atomic E-state index is -0.382. The molecule has 1 aromatic rings. The molecule has 0 saturated carbocycles. The lowest BCUT2D eigenvalue weighted by molar-refractivity contribution is -0.122. The lowest BCUT2D eigenvalue weighted by Gasteiger charge is -2.18. The number of aliphatic hydroxyl groups excluding tert-OH is 1. The number of amides is 1. The first-order valence-corrected chi connectivity index (χ1v) is 6.62. The number of aryl methyl sites for hydroxylation is 1. The SMILES string of the molecule is CCc1cc(NC(=O)C(CO)C(C)C)ccc1OC. The van der Waals surface area contributed by atoms with Gasteiger partial charge in [0.1, 0.15) is 5.75 Å². The highest BCUT2D eigenvalue weighted by molar-refractivity contribution is 5.93. The molecule has 0 aromatic heterocycles. The minimum absolute atomic E-state index is 0.105. The number of methoxy groups -OCH3 is 1. The number of rotatable bonds is 6. The zero-order valence-corrected chi connectivity index (χ0v) is 12.1. The molecule has 1 amide bonds. The molecule has 0 spiro atoms. The first-order chi connectivity index (χ1) is 9.03. The van der Waals surface area contributed by atoms with Crippen LogP contribution in [0.5, 0.6) is 5.75 Å². The topological polar surface area (TPSA) is 58.6 Å². The minimum Gasteiger partial charge on any atom is -0.496 e. The van der Waals surface area contributed by atoms with Gasteiger partial charge < -0.3 is 15.2 Å². The van der Waals surface area contributed by atoms with Crippen molar-refractivity contribution in [3.05, 3.63) is 23.8 Å². The Bertz CT molecular complexity index is 429. The van der Waals surface area contributed by atoms with Gasteiger partial charge in [0.15, 0.2) is 0 Å². The number of ether oxygens (including phenoxy) is 1. The molecule has 4 nitrogen and oxygen atoms in total. The fraction of sp³-hybridized carbons (Fsp3) is 0.533. The molecule has 0 aliphatic heterocycles. The van der Waals surface area contributed by atoms with E-state index in [0.717, 1.165) is 23.4 Å². The predicted octanol–water partition coefficient (Wildman–Crippen LogP) is 2.46. The van der Waals surface area contributed by atoms with Gasteiger partial charge in [-0.15, -0.1) is 0 Å². The van der Waals surface area contributed by atoms with Crippen molar-refractivity contribution in [2.24, 2.45) is 11.8 Å². The molecule has 0 aliphatic carbocycles. The van der Waals surface area contributed by atoms with Crippen molar-refractivity contribution in [2.75, 3.05) is 19.0 Å². The van der Waals surface area contributed by atoms with E-state index in [1.807, 2.05) is 39.0 Å². The maximum absolute atomic E-state index is 12.0. The van der Waals surface area contributed by atoms with Crippen LogP contribution in [0.1, 0.15) is 26.3 Å². The summed E-state index contributed by atoms with van der Waals surface area (Å²) in [5.41, 5.74) is 1.78. The van der Waals surface area contributed by atoms with Gasteiger partial charge in [-0.1, -0.05) is 20.8 Å². The standard InChI is InChI=1S/C15H23NO3/c1-5-11-8-12(6-7-14(11)19-4)16-15(18)13(9-17)10(2)3/h6-8,10,13,17H,5,9H2,1-4H3,(H,16,18). The van der Waals surface area contributed by atoms with Crippen LogP contribution in [0.15, 0.2) is 18.2 Å². The Hall–Kier alpha value is -1.55. The van der Waals surface area contributed by atoms with E-state index in [1.54, 1.807) is 7.11 Å². The zero-order valence-electron chi connectivity index (χ0n) is 12.1. The van der Waals surface area contributed by atoms with E-state index < -0.39 is 0 Å². The molecule has 1 atom stereocenters. The Balaban J connectivity index is 2.85. The Labute approximate surface area is 114 Å². The maximum atomic E-state index is 12.0. The highest BCUT2D eigenvalue weighted by Gasteiger charge is 2.21. The van der Waals surface area contributed by atoms with Crippen molar-refractivity contribution in [3.63, 3.8) is 0 Å². The summed E-state index contributed by atoms with van der Waals surface area (Å²) in [6.07, 6.45) is 0.834. The largest absolute Gasteiger partial charge is 0.496 e. The summed E-state index contributed by atoms with van der Waals surface area (Å²) >= 11 is 0. The number of benzene rings is 1. The maximum Gasteiger partial charge on any atom is 0.230 e. The summed E-state index contributed by atoms with van der Waals surface area (Å²) in [5, 5.41) is 12.1. The average Bonchev–Trinajstić information content (AvgIpc) is 2.38. The molecule has 2 N–H and O–H groups in total. The van der Waals surface area contributed by atoms with E-state index in [1.165, 1.54) is 0 Å². The monoisotopic (exact) mass is 265 g/mol. The molecule has 0 saturated heterocycles. The van der Waals surface area contributed by atoms with E-state index in [-0.39, 0.29) is 24.3 Å². The molecule has 106 valence electrons. The second-order valence-corrected chi connectivity index (χ2v) is 4.90. The second-order valence-electron chi connectivity index (χ2n) is 4.90. The summed E-state index contributed by atoms with van der Waals surface area (Å²) in [6, 6.07) is 5.56. The van der Waals surface area contributed by atoms with Crippen molar-refractivity contribution in [2.45, 2.75) is 27.2 Å². The lowest BCUT2D eigenvalue weighted by atomic mass is 9.96. The van der Waals surface area contributed by atoms with Crippen LogP contribution in [-0.4, -0.2) is 24.7 Å². The third-order valence-corrected chi connectivity index (χ3v) is 3.27. The predicted molar refractivity (Wildman–Crippen MR) is 76.4 cm³/mol. The Morgan fingerprint density at radius 1 is 1.42 bits per heavy atom. The van der Waals surface area contributed by atoms with E-state index in [0.29, 0.717) is 0 Å². The van der Waals surface area contributed by atoms with Crippen molar-refractivity contribution < 1.29 is 14.6 Å². The molecule has 0 aliphatic rings. The van der Waals surface area contributed by atoms with Crippen LogP contribution in [0.2, 0.25) is 0 Å². The van der Waals surface area contributed by atoms with Gasteiger partial charge >= 0.3 is 0 Å². The van der Waals surface area contributed by atoms with Crippen molar-refractivity contribution in [1.29, 1.82) is 0 Å². The van der Waals surface area contributed by atoms with Gasteiger partial charge in [0.2, 0.25) is 5.91 Å². The second kappa shape index (κ2) is 7.14. The smallest absolute Gasteiger partial charge is 0.230 e. The molecule has 0 heterocycles. The Morgan fingerprint density at radius 3 is 2.58 bits per heavy atom. The van der Waals surface area contributed by atoms with Gasteiger partial charge in [-0.3, -0.25) is 4.79 Å². The normalized spacial score (nSPS) is 12.3. The molecule has 1 rings (SSSR count). The number of carbonyl (C=O) groups is 1. The Kier molecular flexibility index (Phi) is 5.83. The van der Waals surface area contributed by atoms with E-state index in [2.05, 4.69) is 5.32 Å². The first-order valence-electron chi connectivity index (χ1n) is 6.62. The molecule has 1 unspecified atom stereocenters. The van der Waals surface area contributed by atoms with Gasteiger partial charge in [0.05, 0.1) is 19.6 Å². The summed E-state index contributed by atoms with van der Waals surface area (Å²) in [7, 11) is 1.63. The summed E-state index contributed by atoms with van der Waals surface area (Å²) in [4.78, 5) is 12.0. The highest BCUT2D eigenvalue weighted by Crippen LogP contribution is 2.24. The third-order valence-electron chi connectivity index (χ3n) is 3.27. The van der Waals surface area contributed by atoms with Crippen molar-refractivity contribution in [1.82, 2.24) is 0 Å². The molecule has 19 heavy (non-hydrogen) atoms. The summed E-state index contributed by atoms with van der Waals surface area (Å²) < 4.78 is 5.25. The molecule has 0 fully saturated rings. The quantitative estimate of drug-likeness (QED) is 0.830. The highest BCUT2D eigenvalue weighted by atomic mass is 16.5. The van der Waals surface area contributed by atoms with Crippen molar-refractivity contribution in [3.8, 4) is 5.75 Å². The van der Waals surface area contributed by atoms with Crippen LogP contribution < -0.4 is 10.1 Å². The summed E-state index contributed by atoms with van der Waals surface area (Å²) in [6.45, 7) is 5.74. The van der Waals surface area contributed by atoms with Gasteiger partial charge in [-0.25, -0.2) is 0 Å². The zero-order chi connectivity index (χ0) is 14.4. The van der Waals surface area contributed by atoms with Crippen LogP contribution >= 0.6 is 0 Å². The number of anilines is 1. The lowest BCUT2D eigenvalue weighted by Crippen LogP contribution is -2.29. The Morgan fingerprint density at radius 2 is 2.11 bits per heavy atom. The van der Waals surface area contributed by atoms with E-state index in [9.17, 15) is 9.90 Å². The van der Waals surface area contributed by atoms with Crippen LogP contribution in [0, 0.1) is 11.8 Å². The number of hydrogen-bond donors (Lipinski definition) is 2. The van der Waals surface area contributed by atoms with Crippen LogP contribution in [0.4, 0.5) is 5.69 Å². The number of nitrogens with one attached hydrogen (secondary N) is 1. The number of aliphatic hydroxyl groups is 1. The van der Waals surface area contributed by atoms with Crippen LogP contribution in [0.3, 0.4) is 0 Å². The van der Waals surface area contributed by atoms with Gasteiger partial charge in [0, 0.05) is 5.69 Å². The molecular formula is C15H23NO3. The fourth-order valence-corrected chi connectivity index (χ4v) is 1.96. The molecule has 0 radical (unpaired) electrons. The fourth-order valence-electron chi connectivity index (χ4n) is 1.96. The molecule has 4 heteroatoms. The molecule has 1 aromatic carbocycles. The first kappa shape index (κ1) is 15.5. The summed E-state index contributed by atoms with van der Waals surface area (Å²) in [5.74, 6) is 0.397.